The highest BCUT2D eigenvalue weighted by Crippen LogP contribution is 1.63. The molecule has 0 fully saturated rings. The molecule has 0 aromatic heterocycles. The third-order valence-corrected chi connectivity index (χ3v) is 0.755. The topological polar surface area (TPSA) is 80.9 Å². The fraction of sp³-hybridized carbons (Fsp3) is 0.500. The highest BCUT2D eigenvalue weighted by atomic mass is 16.3. The van der Waals surface area contributed by atoms with Gasteiger partial charge in [0.25, 0.3) is 0 Å². The van der Waals surface area contributed by atoms with Gasteiger partial charge in [-0.1, -0.05) is 24.3 Å². The Morgan fingerprint density at radius 1 is 0.500 bits per heavy atom. The summed E-state index contributed by atoms with van der Waals surface area (Å²) in [6, 6.07) is 0. The Morgan fingerprint density at radius 2 is 0.667 bits per heavy atom. The Morgan fingerprint density at radius 3 is 0.750 bits per heavy atom. The third-order valence-electron chi connectivity index (χ3n) is 0.755. The molecule has 0 aliphatic rings. The molecule has 0 spiro atoms. The summed E-state index contributed by atoms with van der Waals surface area (Å²) >= 11 is 0. The summed E-state index contributed by atoms with van der Waals surface area (Å²) in [5.74, 6) is 0. The van der Waals surface area contributed by atoms with Crippen molar-refractivity contribution in [2.45, 2.75) is 0 Å². The third kappa shape index (κ3) is 22.8. The molecule has 0 aromatic carbocycles. The van der Waals surface area contributed by atoms with Crippen LogP contribution < -0.4 is 0 Å². The van der Waals surface area contributed by atoms with Crippen LogP contribution in [0.2, 0.25) is 0 Å². The van der Waals surface area contributed by atoms with E-state index >= 15 is 0 Å². The van der Waals surface area contributed by atoms with Crippen LogP contribution in [0.1, 0.15) is 0 Å². The van der Waals surface area contributed by atoms with E-state index in [4.69, 9.17) is 20.4 Å². The first kappa shape index (κ1) is 13.9. The van der Waals surface area contributed by atoms with E-state index in [1.54, 1.807) is 0 Å². The van der Waals surface area contributed by atoms with E-state index in [2.05, 4.69) is 0 Å². The first-order valence-corrected chi connectivity index (χ1v) is 3.56. The smallest absolute Gasteiger partial charge is 0.0613 e. The van der Waals surface area contributed by atoms with Crippen molar-refractivity contribution in [3.63, 3.8) is 0 Å². The second kappa shape index (κ2) is 16.7. The van der Waals surface area contributed by atoms with Crippen LogP contribution in [0.15, 0.2) is 24.3 Å². The summed E-state index contributed by atoms with van der Waals surface area (Å²) < 4.78 is 0. The van der Waals surface area contributed by atoms with Gasteiger partial charge < -0.3 is 20.4 Å². The van der Waals surface area contributed by atoms with Crippen LogP contribution in [-0.4, -0.2) is 46.9 Å². The van der Waals surface area contributed by atoms with Crippen molar-refractivity contribution < 1.29 is 20.4 Å². The van der Waals surface area contributed by atoms with Gasteiger partial charge >= 0.3 is 0 Å². The molecular weight excluding hydrogens is 160 g/mol. The van der Waals surface area contributed by atoms with Gasteiger partial charge in [-0.15, -0.1) is 0 Å². The normalized spacial score (nSPS) is 10.3. The van der Waals surface area contributed by atoms with Gasteiger partial charge in [0.1, 0.15) is 0 Å². The molecule has 0 rings (SSSR count). The molecule has 0 radical (unpaired) electrons. The van der Waals surface area contributed by atoms with Gasteiger partial charge in [-0.05, 0) is 0 Å². The van der Waals surface area contributed by atoms with Crippen molar-refractivity contribution in [1.29, 1.82) is 0 Å². The van der Waals surface area contributed by atoms with Crippen LogP contribution in [0.25, 0.3) is 0 Å². The van der Waals surface area contributed by atoms with E-state index in [0.29, 0.717) is 0 Å². The van der Waals surface area contributed by atoms with Gasteiger partial charge in [0.05, 0.1) is 26.4 Å². The maximum Gasteiger partial charge on any atom is 0.0613 e. The molecule has 0 saturated carbocycles. The highest BCUT2D eigenvalue weighted by Gasteiger charge is 1.61. The van der Waals surface area contributed by atoms with Gasteiger partial charge in [-0.3, -0.25) is 0 Å². The lowest BCUT2D eigenvalue weighted by molar-refractivity contribution is 0.329. The molecule has 0 bridgehead atoms. The zero-order chi connectivity index (χ0) is 9.66. The lowest BCUT2D eigenvalue weighted by Crippen LogP contribution is -1.74. The van der Waals surface area contributed by atoms with E-state index in [0.717, 1.165) is 0 Å². The highest BCUT2D eigenvalue weighted by molar-refractivity contribution is 4.79. The van der Waals surface area contributed by atoms with E-state index in [9.17, 15) is 0 Å². The van der Waals surface area contributed by atoms with Crippen molar-refractivity contribution in [1.82, 2.24) is 0 Å². The van der Waals surface area contributed by atoms with E-state index in [-0.39, 0.29) is 26.4 Å². The molecule has 0 atom stereocenters. The minimum Gasteiger partial charge on any atom is -0.392 e. The average molecular weight is 176 g/mol. The molecule has 0 saturated heterocycles. The Hall–Kier alpha value is -0.680. The molecule has 0 unspecified atom stereocenters. The largest absolute Gasteiger partial charge is 0.392 e. The summed E-state index contributed by atoms with van der Waals surface area (Å²) in [6.07, 6.45) is 5.94. The molecule has 72 valence electrons. The monoisotopic (exact) mass is 176 g/mol. The summed E-state index contributed by atoms with van der Waals surface area (Å²) in [4.78, 5) is 0. The van der Waals surface area contributed by atoms with Crippen LogP contribution in [-0.2, 0) is 0 Å². The molecule has 4 heteroatoms. The van der Waals surface area contributed by atoms with Crippen molar-refractivity contribution in [2.75, 3.05) is 26.4 Å². The maximum atomic E-state index is 8.00. The van der Waals surface area contributed by atoms with Gasteiger partial charge in [0, 0.05) is 0 Å². The predicted octanol–water partition coefficient (Wildman–Crippen LogP) is -0.946. The minimum absolute atomic E-state index is 0.0144. The Balaban J connectivity index is 0. The van der Waals surface area contributed by atoms with Gasteiger partial charge in [-0.2, -0.15) is 0 Å². The fourth-order valence-corrected chi connectivity index (χ4v) is 0.298. The first-order chi connectivity index (χ1) is 5.83. The second-order valence-corrected chi connectivity index (χ2v) is 1.67. The van der Waals surface area contributed by atoms with Gasteiger partial charge in [0.2, 0.25) is 0 Å². The van der Waals surface area contributed by atoms with Crippen molar-refractivity contribution in [2.24, 2.45) is 0 Å². The molecule has 0 heterocycles. The molecule has 0 aromatic rings. The molecule has 4 nitrogen and oxygen atoms in total. The quantitative estimate of drug-likeness (QED) is 0.416. The zero-order valence-corrected chi connectivity index (χ0v) is 6.93. The second-order valence-electron chi connectivity index (χ2n) is 1.67. The SMILES string of the molecule is OCC=CCO.OCC=CCO. The van der Waals surface area contributed by atoms with Gasteiger partial charge in [-0.25, -0.2) is 0 Å². The number of aliphatic hydroxyl groups excluding tert-OH is 4. The maximum absolute atomic E-state index is 8.00. The summed E-state index contributed by atoms with van der Waals surface area (Å²) in [7, 11) is 0. The van der Waals surface area contributed by atoms with E-state index in [1.165, 1.54) is 24.3 Å². The van der Waals surface area contributed by atoms with Crippen LogP contribution >= 0.6 is 0 Å². The average Bonchev–Trinajstić information content (AvgIpc) is 2.12. The lowest BCUT2D eigenvalue weighted by atomic mass is 10.5. The molecule has 0 amide bonds. The predicted molar refractivity (Wildman–Crippen MR) is 46.6 cm³/mol. The molecule has 12 heavy (non-hydrogen) atoms. The molecular formula is C8H16O4. The Kier molecular flexibility index (Phi) is 19.4. The first-order valence-electron chi connectivity index (χ1n) is 3.56. The fourth-order valence-electron chi connectivity index (χ4n) is 0.298. The van der Waals surface area contributed by atoms with E-state index in [1.807, 2.05) is 0 Å². The van der Waals surface area contributed by atoms with Crippen LogP contribution in [0.5, 0.6) is 0 Å². The number of rotatable bonds is 4. The Bertz CT molecular complexity index is 83.6. The number of hydrogen-bond acceptors (Lipinski definition) is 4. The molecule has 4 N–H and O–H groups in total. The molecule has 0 aliphatic heterocycles. The summed E-state index contributed by atoms with van der Waals surface area (Å²) in [5, 5.41) is 32.0. The van der Waals surface area contributed by atoms with E-state index < -0.39 is 0 Å². The summed E-state index contributed by atoms with van der Waals surface area (Å²) in [6.45, 7) is 0.0578. The van der Waals surface area contributed by atoms with Crippen LogP contribution in [0.4, 0.5) is 0 Å². The van der Waals surface area contributed by atoms with Crippen molar-refractivity contribution >= 4 is 0 Å². The Labute approximate surface area is 72.1 Å². The standard InChI is InChI=1S/2C4H8O2/c2*5-3-1-2-4-6/h2*1-2,5-6H,3-4H2. The van der Waals surface area contributed by atoms with Crippen LogP contribution in [0, 0.1) is 0 Å². The zero-order valence-electron chi connectivity index (χ0n) is 6.93. The van der Waals surface area contributed by atoms with Gasteiger partial charge in [0.15, 0.2) is 0 Å². The van der Waals surface area contributed by atoms with Crippen molar-refractivity contribution in [3.8, 4) is 0 Å². The van der Waals surface area contributed by atoms with Crippen LogP contribution in [0.3, 0.4) is 0 Å². The molecule has 0 aliphatic carbocycles. The van der Waals surface area contributed by atoms with Crippen molar-refractivity contribution in [3.05, 3.63) is 24.3 Å². The number of aliphatic hydroxyl groups is 4. The summed E-state index contributed by atoms with van der Waals surface area (Å²) in [5.41, 5.74) is 0. The minimum atomic E-state index is 0.0144. The number of hydrogen-bond donors (Lipinski definition) is 4. The lowest BCUT2D eigenvalue weighted by Gasteiger charge is -1.73.